The van der Waals surface area contributed by atoms with Crippen LogP contribution in [0.3, 0.4) is 0 Å². The second-order valence-corrected chi connectivity index (χ2v) is 19.5. The number of para-hydroxylation sites is 1. The zero-order valence-electron chi connectivity index (χ0n) is 43.9. The van der Waals surface area contributed by atoms with Gasteiger partial charge in [0.25, 0.3) is 0 Å². The van der Waals surface area contributed by atoms with Crippen molar-refractivity contribution in [1.82, 2.24) is 48.8 Å². The van der Waals surface area contributed by atoms with E-state index in [4.69, 9.17) is 19.4 Å². The summed E-state index contributed by atoms with van der Waals surface area (Å²) in [5, 5.41) is 15.7. The fourth-order valence-corrected chi connectivity index (χ4v) is 9.94. The van der Waals surface area contributed by atoms with Crippen LogP contribution in [0.15, 0.2) is 98.1 Å². The number of hydrogen-bond acceptors (Lipinski definition) is 15. The third kappa shape index (κ3) is 12.7. The number of anilines is 6. The maximum absolute atomic E-state index is 12.7. The van der Waals surface area contributed by atoms with Crippen molar-refractivity contribution < 1.29 is 14.3 Å². The first-order valence-electron chi connectivity index (χ1n) is 26.2. The van der Waals surface area contributed by atoms with Crippen molar-refractivity contribution in [3.8, 4) is 22.9 Å². The van der Waals surface area contributed by atoms with Gasteiger partial charge in [-0.2, -0.15) is 9.61 Å². The number of piperazine rings is 1. The van der Waals surface area contributed by atoms with E-state index in [1.165, 1.54) is 25.3 Å². The van der Waals surface area contributed by atoms with Crippen molar-refractivity contribution in [2.24, 2.45) is 7.05 Å². The highest BCUT2D eigenvalue weighted by atomic mass is 16.5. The predicted molar refractivity (Wildman–Crippen MR) is 297 cm³/mol. The molecule has 0 aliphatic carbocycles. The smallest absolute Gasteiger partial charge is 0.247 e. The van der Waals surface area contributed by atoms with Gasteiger partial charge >= 0.3 is 0 Å². The number of pyridine rings is 1. The van der Waals surface area contributed by atoms with Gasteiger partial charge in [0.05, 0.1) is 42.7 Å². The normalized spacial score (nSPS) is 14.4. The molecular formula is C56H73N15O3. The number of carbonyl (C=O) groups excluding carboxylic acids is 1. The molecule has 18 nitrogen and oxygen atoms in total. The number of fused-ring (bicyclic) bond motifs is 2. The first kappa shape index (κ1) is 51.6. The van der Waals surface area contributed by atoms with Crippen LogP contribution in [0, 0.1) is 0 Å². The fraction of sp³-hybridized carbons (Fsp3) is 0.429. The van der Waals surface area contributed by atoms with Crippen molar-refractivity contribution in [3.63, 3.8) is 0 Å². The van der Waals surface area contributed by atoms with Crippen LogP contribution < -0.4 is 35.2 Å². The van der Waals surface area contributed by atoms with Gasteiger partial charge in [0, 0.05) is 138 Å². The van der Waals surface area contributed by atoms with Gasteiger partial charge in [-0.1, -0.05) is 37.8 Å². The fourth-order valence-electron chi connectivity index (χ4n) is 9.94. The third-order valence-electron chi connectivity index (χ3n) is 14.3. The minimum Gasteiger partial charge on any atom is -0.494 e. The number of carbonyl (C=O) groups is 1. The number of piperidine rings is 1. The van der Waals surface area contributed by atoms with E-state index < -0.39 is 0 Å². The standard InChI is InChI=1S/C56H73N15O3/c1-7-42-39-60-71-51(36-52(64-55(42)71)70-25-12-9-13-26-70)58-37-41-18-19-54(59-38-41)74-33-15-24-69-31-29-68(30-32-69)23-14-22-65(3)27-28-66(4)49-35-50(73-6)47(34-46(49)61-53(72)8-2)63-56-57-21-20-45(62-56)44-40-67(5)48-17-11-10-16-43(44)48/h8,10-11,16-21,34-36,38-40,58H,2,7,9,12-15,22-33,37H2,1,3-6H3,(H,61,72)(H,57,62,63). The van der Waals surface area contributed by atoms with Gasteiger partial charge in [-0.05, 0) is 88.5 Å². The van der Waals surface area contributed by atoms with E-state index in [0.717, 1.165) is 148 Å². The van der Waals surface area contributed by atoms with Gasteiger partial charge in [-0.15, -0.1) is 0 Å². The second kappa shape index (κ2) is 24.6. The molecule has 0 bridgehead atoms. The number of ether oxygens (including phenoxy) is 2. The summed E-state index contributed by atoms with van der Waals surface area (Å²) >= 11 is 0. The lowest BCUT2D eigenvalue weighted by atomic mass is 10.1. The topological polar surface area (TPSA) is 162 Å². The molecule has 2 aliphatic heterocycles. The van der Waals surface area contributed by atoms with Crippen LogP contribution in [-0.4, -0.2) is 155 Å². The molecule has 1 amide bonds. The number of methoxy groups -OCH3 is 1. The van der Waals surface area contributed by atoms with Gasteiger partial charge in [-0.3, -0.25) is 4.79 Å². The van der Waals surface area contributed by atoms with Crippen LogP contribution in [0.5, 0.6) is 11.6 Å². The number of nitrogens with zero attached hydrogens (tertiary/aromatic N) is 12. The Balaban J connectivity index is 0.684. The molecule has 7 aromatic rings. The molecule has 9 rings (SSSR count). The molecule has 0 saturated carbocycles. The minimum absolute atomic E-state index is 0.303. The highest BCUT2D eigenvalue weighted by molar-refractivity contribution is 6.02. The van der Waals surface area contributed by atoms with E-state index in [1.807, 2.05) is 67.4 Å². The number of rotatable bonds is 24. The van der Waals surface area contributed by atoms with Crippen molar-refractivity contribution in [3.05, 3.63) is 109 Å². The zero-order chi connectivity index (χ0) is 51.4. The number of aryl methyl sites for hydroxylation is 2. The molecule has 0 atom stereocenters. The molecule has 0 spiro atoms. The van der Waals surface area contributed by atoms with Gasteiger partial charge in [0.1, 0.15) is 17.4 Å². The Bertz CT molecular complexity index is 2980. The molecule has 5 aromatic heterocycles. The van der Waals surface area contributed by atoms with Crippen LogP contribution in [-0.2, 0) is 24.8 Å². The van der Waals surface area contributed by atoms with Gasteiger partial charge in [-0.25, -0.2) is 19.9 Å². The maximum Gasteiger partial charge on any atom is 0.247 e. The van der Waals surface area contributed by atoms with Gasteiger partial charge in [0.2, 0.25) is 17.7 Å². The molecular weight excluding hydrogens is 931 g/mol. The Labute approximate surface area is 435 Å². The summed E-state index contributed by atoms with van der Waals surface area (Å²) in [5.41, 5.74) is 8.16. The molecule has 2 aromatic carbocycles. The number of likely N-dealkylation sites (N-methyl/N-ethyl adjacent to an activating group) is 2. The first-order valence-corrected chi connectivity index (χ1v) is 26.2. The van der Waals surface area contributed by atoms with Crippen LogP contribution >= 0.6 is 0 Å². The monoisotopic (exact) mass is 1000 g/mol. The average molecular weight is 1000 g/mol. The van der Waals surface area contributed by atoms with E-state index in [-0.39, 0.29) is 5.91 Å². The maximum atomic E-state index is 12.7. The van der Waals surface area contributed by atoms with Crippen molar-refractivity contribution in [1.29, 1.82) is 0 Å². The van der Waals surface area contributed by atoms with Crippen molar-refractivity contribution in [2.75, 3.05) is 126 Å². The lowest BCUT2D eigenvalue weighted by Crippen LogP contribution is -2.47. The number of amides is 1. The molecule has 18 heteroatoms. The van der Waals surface area contributed by atoms with Crippen molar-refractivity contribution >= 4 is 57.1 Å². The van der Waals surface area contributed by atoms with E-state index in [9.17, 15) is 4.79 Å². The largest absolute Gasteiger partial charge is 0.494 e. The minimum atomic E-state index is -0.303. The van der Waals surface area contributed by atoms with Crippen LogP contribution in [0.25, 0.3) is 27.8 Å². The Hall–Kier alpha value is -7.28. The average Bonchev–Trinajstić information content (AvgIpc) is 4.02. The molecule has 74 heavy (non-hydrogen) atoms. The molecule has 2 saturated heterocycles. The van der Waals surface area contributed by atoms with Crippen LogP contribution in [0.2, 0.25) is 0 Å². The summed E-state index contributed by atoms with van der Waals surface area (Å²) in [4.78, 5) is 43.8. The molecule has 390 valence electrons. The molecule has 3 N–H and O–H groups in total. The molecule has 0 unspecified atom stereocenters. The van der Waals surface area contributed by atoms with Crippen LogP contribution in [0.1, 0.15) is 50.2 Å². The summed E-state index contributed by atoms with van der Waals surface area (Å²) in [6.45, 7) is 18.1. The van der Waals surface area contributed by atoms with E-state index in [2.05, 4.69) is 111 Å². The van der Waals surface area contributed by atoms with E-state index >= 15 is 0 Å². The highest BCUT2D eigenvalue weighted by Gasteiger charge is 2.21. The van der Waals surface area contributed by atoms with E-state index in [0.29, 0.717) is 42.1 Å². The number of hydrogen-bond donors (Lipinski definition) is 3. The summed E-state index contributed by atoms with van der Waals surface area (Å²) < 4.78 is 16.0. The lowest BCUT2D eigenvalue weighted by molar-refractivity contribution is -0.111. The van der Waals surface area contributed by atoms with Crippen LogP contribution in [0.4, 0.5) is 34.6 Å². The summed E-state index contributed by atoms with van der Waals surface area (Å²) in [6, 6.07) is 20.1. The predicted octanol–water partition coefficient (Wildman–Crippen LogP) is 7.96. The number of aromatic nitrogens is 7. The summed E-state index contributed by atoms with van der Waals surface area (Å²) in [7, 11) is 7.87. The zero-order valence-corrected chi connectivity index (χ0v) is 43.9. The number of benzene rings is 2. The second-order valence-electron chi connectivity index (χ2n) is 19.5. The van der Waals surface area contributed by atoms with E-state index in [1.54, 1.807) is 13.3 Å². The quantitative estimate of drug-likeness (QED) is 0.0395. The lowest BCUT2D eigenvalue weighted by Gasteiger charge is -2.35. The Morgan fingerprint density at radius 1 is 0.865 bits per heavy atom. The Morgan fingerprint density at radius 3 is 2.42 bits per heavy atom. The molecule has 0 radical (unpaired) electrons. The number of nitrogens with one attached hydrogen (secondary N) is 3. The third-order valence-corrected chi connectivity index (χ3v) is 14.3. The van der Waals surface area contributed by atoms with Crippen molar-refractivity contribution in [2.45, 2.75) is 52.0 Å². The highest BCUT2D eigenvalue weighted by Crippen LogP contribution is 2.38. The van der Waals surface area contributed by atoms with Gasteiger partial charge in [0.15, 0.2) is 5.65 Å². The summed E-state index contributed by atoms with van der Waals surface area (Å²) in [6.07, 6.45) is 15.6. The molecule has 2 fully saturated rings. The summed E-state index contributed by atoms with van der Waals surface area (Å²) in [5.74, 6) is 3.32. The SMILES string of the molecule is C=CC(=O)Nc1cc(Nc2nccc(-c3cn(C)c4ccccc34)n2)c(OC)cc1N(C)CCN(C)CCCN1CCN(CCCOc2ccc(CNc3cc(N4CCCCC4)nc4c(CC)cnn34)cn2)CC1. The first-order chi connectivity index (χ1) is 36.2. The molecule has 2 aliphatic rings. The molecule has 7 heterocycles. The Kier molecular flexibility index (Phi) is 17.2. The Morgan fingerprint density at radius 2 is 1.66 bits per heavy atom. The van der Waals surface area contributed by atoms with Gasteiger partial charge < -0.3 is 54.5 Å².